The molecule has 5 aromatic rings. The van der Waals surface area contributed by atoms with Gasteiger partial charge in [0, 0.05) is 36.1 Å². The van der Waals surface area contributed by atoms with Gasteiger partial charge in [0.2, 0.25) is 5.91 Å². The van der Waals surface area contributed by atoms with Crippen LogP contribution in [0.15, 0.2) is 90.4 Å². The van der Waals surface area contributed by atoms with Crippen LogP contribution >= 0.6 is 0 Å². The number of pyridine rings is 1. The summed E-state index contributed by atoms with van der Waals surface area (Å²) in [5, 5.41) is 11.0. The number of imidazole rings is 1. The molecule has 212 valence electrons. The molecule has 0 saturated heterocycles. The normalized spacial score (nSPS) is 11.2. The number of nitrogen functional groups attached to an aromatic ring is 1. The van der Waals surface area contributed by atoms with Crippen molar-refractivity contribution in [1.29, 1.82) is 0 Å². The van der Waals surface area contributed by atoms with Gasteiger partial charge >= 0.3 is 0 Å². The van der Waals surface area contributed by atoms with Crippen LogP contribution in [-0.4, -0.2) is 37.5 Å². The molecule has 0 aliphatic rings. The van der Waals surface area contributed by atoms with Gasteiger partial charge in [-0.15, -0.1) is 0 Å². The second-order valence-corrected chi connectivity index (χ2v) is 9.20. The van der Waals surface area contributed by atoms with Crippen LogP contribution in [0, 0.1) is 11.8 Å². The zero-order chi connectivity index (χ0) is 28.9. The van der Waals surface area contributed by atoms with Gasteiger partial charge in [-0.25, -0.2) is 9.50 Å². The Kier molecular flexibility index (Phi) is 8.83. The Morgan fingerprint density at radius 1 is 1.12 bits per heavy atom. The zero-order valence-corrected chi connectivity index (χ0v) is 22.3. The van der Waals surface area contributed by atoms with Crippen molar-refractivity contribution in [3.8, 4) is 17.5 Å². The average Bonchev–Trinajstić information content (AvgIpc) is 3.32. The first-order chi connectivity index (χ1) is 19.9. The third-order valence-electron chi connectivity index (χ3n) is 6.47. The maximum atomic E-state index is 14.1. The second-order valence-electron chi connectivity index (χ2n) is 9.20. The van der Waals surface area contributed by atoms with Gasteiger partial charge in [-0.1, -0.05) is 56.2 Å². The summed E-state index contributed by atoms with van der Waals surface area (Å²) < 4.78 is 2.97. The van der Waals surface area contributed by atoms with Gasteiger partial charge in [-0.05, 0) is 54.8 Å². The molecule has 0 saturated carbocycles. The van der Waals surface area contributed by atoms with Crippen LogP contribution in [0.4, 0.5) is 5.82 Å². The number of benzene rings is 2. The summed E-state index contributed by atoms with van der Waals surface area (Å²) in [6, 6.07) is 19.3. The number of aromatic nitrogens is 4. The molecule has 10 heteroatoms. The molecular weight excluding hydrogens is 530 g/mol. The summed E-state index contributed by atoms with van der Waals surface area (Å²) in [7, 11) is 0. The number of amides is 2. The van der Waals surface area contributed by atoms with Crippen LogP contribution < -0.4 is 21.9 Å². The smallest absolute Gasteiger partial charge is 0.274 e. The number of nitrogens with two attached hydrogens (primary N) is 1. The first kappa shape index (κ1) is 29.3. The highest BCUT2D eigenvalue weighted by molar-refractivity contribution is 5.98. The van der Waals surface area contributed by atoms with E-state index in [0.717, 1.165) is 0 Å². The number of fused-ring (bicyclic) bond motifs is 2. The van der Waals surface area contributed by atoms with Gasteiger partial charge in [0.25, 0.3) is 11.5 Å². The van der Waals surface area contributed by atoms with Crippen molar-refractivity contribution in [3.63, 3.8) is 0 Å². The van der Waals surface area contributed by atoms with Gasteiger partial charge in [0.05, 0.1) is 11.4 Å². The Bertz CT molecular complexity index is 1910. The molecule has 0 fully saturated rings. The summed E-state index contributed by atoms with van der Waals surface area (Å²) >= 11 is 0. The fraction of sp³-hybridized carbons (Fsp3) is 0.156. The molecule has 0 radical (unpaired) electrons. The molecule has 2 aromatic carbocycles. The van der Waals surface area contributed by atoms with Gasteiger partial charge in [-0.2, -0.15) is 5.10 Å². The van der Waals surface area contributed by atoms with Gasteiger partial charge in [-0.3, -0.25) is 19.0 Å². The molecule has 0 spiro atoms. The Morgan fingerprint density at radius 2 is 1.90 bits per heavy atom. The quantitative estimate of drug-likeness (QED) is 0.157. The van der Waals surface area contributed by atoms with Gasteiger partial charge < -0.3 is 16.4 Å². The summed E-state index contributed by atoms with van der Waals surface area (Å²) in [5.41, 5.74) is 8.13. The van der Waals surface area contributed by atoms with Crippen LogP contribution in [0.5, 0.6) is 0 Å². The average molecular weight is 562 g/mol. The molecule has 10 nitrogen and oxygen atoms in total. The number of hydrogen-bond donors (Lipinski definition) is 3. The minimum atomic E-state index is -0.600. The number of carbonyl (C=O) groups excluding carboxylic acids is 2. The van der Waals surface area contributed by atoms with Crippen LogP contribution in [-0.2, 0) is 4.79 Å². The van der Waals surface area contributed by atoms with E-state index in [2.05, 4.69) is 39.1 Å². The lowest BCUT2D eigenvalue weighted by Crippen LogP contribution is -2.33. The van der Waals surface area contributed by atoms with Gasteiger partial charge in [0.1, 0.15) is 0 Å². The van der Waals surface area contributed by atoms with E-state index in [1.807, 2.05) is 48.5 Å². The summed E-state index contributed by atoms with van der Waals surface area (Å²) in [6.45, 7) is 5.59. The van der Waals surface area contributed by atoms with Crippen molar-refractivity contribution < 1.29 is 9.59 Å². The lowest BCUT2D eigenvalue weighted by atomic mass is 10.0. The van der Waals surface area contributed by atoms with Gasteiger partial charge in [0.15, 0.2) is 17.2 Å². The molecule has 42 heavy (non-hydrogen) atoms. The zero-order valence-electron chi connectivity index (χ0n) is 22.3. The molecule has 3 aromatic heterocycles. The number of nitrogens with zero attached hydrogens (tertiary/aromatic N) is 4. The number of para-hydroxylation sites is 1. The number of carbonyl (C=O) groups is 2. The van der Waals surface area contributed by atoms with Crippen molar-refractivity contribution in [2.24, 2.45) is 0 Å². The summed E-state index contributed by atoms with van der Waals surface area (Å²) in [4.78, 5) is 43.1. The fourth-order valence-electron chi connectivity index (χ4n) is 4.58. The van der Waals surface area contributed by atoms with Crippen LogP contribution in [0.3, 0.4) is 0 Å². The topological polar surface area (TPSA) is 136 Å². The predicted molar refractivity (Wildman–Crippen MR) is 164 cm³/mol. The molecule has 0 aliphatic heterocycles. The highest BCUT2D eigenvalue weighted by Crippen LogP contribution is 2.24. The van der Waals surface area contributed by atoms with Crippen LogP contribution in [0.1, 0.15) is 48.6 Å². The minimum Gasteiger partial charge on any atom is -0.382 e. The third-order valence-corrected chi connectivity index (χ3v) is 6.47. The number of hydrogen-bond acceptors (Lipinski definition) is 6. The lowest BCUT2D eigenvalue weighted by molar-refractivity contribution is -0.116. The Labute approximate surface area is 242 Å². The van der Waals surface area contributed by atoms with E-state index < -0.39 is 11.9 Å². The first-order valence-electron chi connectivity index (χ1n) is 12.9. The second kappa shape index (κ2) is 12.7. The van der Waals surface area contributed by atoms with Crippen molar-refractivity contribution in [2.45, 2.75) is 26.8 Å². The molecular formula is C32H31N7O3. The van der Waals surface area contributed by atoms with Crippen molar-refractivity contribution in [1.82, 2.24) is 29.8 Å². The fourth-order valence-corrected chi connectivity index (χ4v) is 4.58. The molecule has 1 atom stereocenters. The van der Waals surface area contributed by atoms with Crippen molar-refractivity contribution in [3.05, 3.63) is 113 Å². The molecule has 2 amide bonds. The number of nitrogens with one attached hydrogen (secondary N) is 2. The Hall–Kier alpha value is -5.69. The minimum absolute atomic E-state index is 0. The highest BCUT2D eigenvalue weighted by Gasteiger charge is 2.23. The van der Waals surface area contributed by atoms with E-state index in [-0.39, 0.29) is 30.4 Å². The number of rotatable bonds is 7. The standard InChI is InChI=1S/C31H27N7O3.CH4/c1-3-26(39)33-17-8-7-11-21-12-9-13-22-19-24(37(31(41)27(21)22)23-14-5-4-6-15-23)20(2)35-30(40)28-29(32)36-25-16-10-18-34-38(25)28;/h3-6,9-10,12-16,18-20H,1,8,17,32H2,2H3,(H,33,39)(H,35,40);1H4/t20-;/m0./s1. The molecule has 5 rings (SSSR count). The predicted octanol–water partition coefficient (Wildman–Crippen LogP) is 3.79. The summed E-state index contributed by atoms with van der Waals surface area (Å²) in [6.07, 6.45) is 3.16. The third kappa shape index (κ3) is 5.76. The molecule has 4 N–H and O–H groups in total. The summed E-state index contributed by atoms with van der Waals surface area (Å²) in [5.74, 6) is 5.42. The van der Waals surface area contributed by atoms with E-state index in [9.17, 15) is 14.4 Å². The van der Waals surface area contributed by atoms with Crippen LogP contribution in [0.2, 0.25) is 0 Å². The van der Waals surface area contributed by atoms with Crippen molar-refractivity contribution >= 4 is 34.1 Å². The Morgan fingerprint density at radius 3 is 2.67 bits per heavy atom. The molecule has 0 bridgehead atoms. The highest BCUT2D eigenvalue weighted by atomic mass is 16.2. The Balaban J connectivity index is 0.00000405. The van der Waals surface area contributed by atoms with Crippen molar-refractivity contribution in [2.75, 3.05) is 12.3 Å². The van der Waals surface area contributed by atoms with E-state index >= 15 is 0 Å². The molecule has 0 unspecified atom stereocenters. The van der Waals surface area contributed by atoms with Crippen LogP contribution in [0.25, 0.3) is 22.1 Å². The van der Waals surface area contributed by atoms with E-state index in [1.165, 1.54) is 10.6 Å². The maximum Gasteiger partial charge on any atom is 0.274 e. The maximum absolute atomic E-state index is 14.1. The lowest BCUT2D eigenvalue weighted by Gasteiger charge is -2.21. The van der Waals surface area contributed by atoms with E-state index in [1.54, 1.807) is 35.9 Å². The molecule has 0 aliphatic carbocycles. The SMILES string of the molecule is C.C=CC(=O)NCCC#Cc1cccc2cc([C@H](C)NC(=O)c3c(N)nc4cccnn34)n(-c3ccccc3)c(=O)c12. The molecule has 3 heterocycles. The largest absolute Gasteiger partial charge is 0.382 e. The number of anilines is 1. The first-order valence-corrected chi connectivity index (χ1v) is 12.9. The monoisotopic (exact) mass is 561 g/mol. The van der Waals surface area contributed by atoms with E-state index in [4.69, 9.17) is 5.73 Å². The van der Waals surface area contributed by atoms with E-state index in [0.29, 0.717) is 46.3 Å².